The van der Waals surface area contributed by atoms with Crippen LogP contribution in [-0.2, 0) is 11.5 Å². The first-order valence-corrected chi connectivity index (χ1v) is 11.3. The van der Waals surface area contributed by atoms with E-state index in [4.69, 9.17) is 0 Å². The van der Waals surface area contributed by atoms with Crippen molar-refractivity contribution in [3.63, 3.8) is 0 Å². The lowest BCUT2D eigenvalue weighted by Gasteiger charge is -2.00. The normalized spacial score (nSPS) is 11.2. The smallest absolute Gasteiger partial charge is 0.0815 e. The standard InChI is InChI=1S/C13H11NS5/c1-2-11(15-5-1)8-18-19-17-7-10-3-4-13-12(6-10)14-9-16-13/h1-6,9H,7-8H2. The van der Waals surface area contributed by atoms with E-state index in [-0.39, 0.29) is 0 Å². The van der Waals surface area contributed by atoms with Crippen molar-refractivity contribution in [3.05, 3.63) is 51.7 Å². The highest BCUT2D eigenvalue weighted by molar-refractivity contribution is 9.09. The monoisotopic (exact) mass is 341 g/mol. The molecule has 98 valence electrons. The van der Waals surface area contributed by atoms with E-state index in [1.807, 2.05) is 48.3 Å². The first-order valence-electron chi connectivity index (χ1n) is 5.67. The van der Waals surface area contributed by atoms with Gasteiger partial charge in [0, 0.05) is 16.4 Å². The van der Waals surface area contributed by atoms with Gasteiger partial charge in [0.2, 0.25) is 0 Å². The number of nitrogens with zero attached hydrogens (tertiary/aromatic N) is 1. The fraction of sp³-hybridized carbons (Fsp3) is 0.154. The molecule has 0 radical (unpaired) electrons. The third-order valence-electron chi connectivity index (χ3n) is 2.50. The number of thiazole rings is 1. The molecule has 0 bridgehead atoms. The Hall–Kier alpha value is -0.140. The van der Waals surface area contributed by atoms with E-state index in [2.05, 4.69) is 40.7 Å². The van der Waals surface area contributed by atoms with Crippen LogP contribution >= 0.6 is 54.1 Å². The Bertz CT molecular complexity index is 631. The van der Waals surface area contributed by atoms with Crippen LogP contribution in [0.5, 0.6) is 0 Å². The second-order valence-electron chi connectivity index (χ2n) is 3.83. The first-order chi connectivity index (χ1) is 9.42. The molecule has 3 aromatic rings. The Labute approximate surface area is 132 Å². The fourth-order valence-electron chi connectivity index (χ4n) is 1.60. The molecule has 0 aliphatic rings. The minimum absolute atomic E-state index is 1.04. The van der Waals surface area contributed by atoms with E-state index < -0.39 is 0 Å². The van der Waals surface area contributed by atoms with Crippen molar-refractivity contribution < 1.29 is 0 Å². The van der Waals surface area contributed by atoms with Crippen LogP contribution in [0.15, 0.2) is 41.2 Å². The highest BCUT2D eigenvalue weighted by atomic mass is 33.5. The summed E-state index contributed by atoms with van der Waals surface area (Å²) in [5.74, 6) is 2.13. The van der Waals surface area contributed by atoms with Crippen LogP contribution in [0.4, 0.5) is 0 Å². The molecule has 6 heteroatoms. The number of fused-ring (bicyclic) bond motifs is 1. The molecule has 0 unspecified atom stereocenters. The van der Waals surface area contributed by atoms with E-state index in [0.717, 1.165) is 17.0 Å². The van der Waals surface area contributed by atoms with Crippen molar-refractivity contribution >= 4 is 64.3 Å². The predicted octanol–water partition coefficient (Wildman–Crippen LogP) is 6.09. The number of benzene rings is 1. The summed E-state index contributed by atoms with van der Waals surface area (Å²) in [7, 11) is 5.69. The van der Waals surface area contributed by atoms with Crippen LogP contribution < -0.4 is 0 Å². The molecule has 1 aromatic carbocycles. The van der Waals surface area contributed by atoms with Gasteiger partial charge in [-0.25, -0.2) is 4.98 Å². The molecule has 2 heterocycles. The molecule has 0 aliphatic carbocycles. The van der Waals surface area contributed by atoms with Gasteiger partial charge >= 0.3 is 0 Å². The third-order valence-corrected chi connectivity index (χ3v) is 8.46. The summed E-state index contributed by atoms with van der Waals surface area (Å²) in [4.78, 5) is 5.80. The molecule has 0 spiro atoms. The zero-order chi connectivity index (χ0) is 12.9. The summed E-state index contributed by atoms with van der Waals surface area (Å²) >= 11 is 3.53. The molecule has 0 atom stereocenters. The van der Waals surface area contributed by atoms with Crippen LogP contribution in [-0.4, -0.2) is 4.98 Å². The summed E-state index contributed by atoms with van der Waals surface area (Å²) in [6.07, 6.45) is 0. The lowest BCUT2D eigenvalue weighted by atomic mass is 10.2. The van der Waals surface area contributed by atoms with Gasteiger partial charge in [-0.05, 0) is 39.0 Å². The average molecular weight is 342 g/mol. The second-order valence-corrected chi connectivity index (χ2v) is 9.98. The Morgan fingerprint density at radius 1 is 1.05 bits per heavy atom. The minimum atomic E-state index is 1.04. The SMILES string of the molecule is c1csc(CSSSCc2ccc3scnc3c2)c1. The van der Waals surface area contributed by atoms with Gasteiger partial charge in [0.25, 0.3) is 0 Å². The largest absolute Gasteiger partial charge is 0.245 e. The van der Waals surface area contributed by atoms with Crippen molar-refractivity contribution in [2.24, 2.45) is 0 Å². The van der Waals surface area contributed by atoms with E-state index in [1.54, 1.807) is 11.3 Å². The number of aromatic nitrogens is 1. The zero-order valence-electron chi connectivity index (χ0n) is 9.94. The third kappa shape index (κ3) is 3.92. The van der Waals surface area contributed by atoms with Crippen LogP contribution in [0.2, 0.25) is 0 Å². The Morgan fingerprint density at radius 3 is 2.89 bits per heavy atom. The van der Waals surface area contributed by atoms with E-state index >= 15 is 0 Å². The molecule has 0 amide bonds. The first kappa shape index (κ1) is 13.8. The van der Waals surface area contributed by atoms with Crippen molar-refractivity contribution in [2.75, 3.05) is 0 Å². The van der Waals surface area contributed by atoms with Gasteiger partial charge in [0.1, 0.15) is 0 Å². The molecule has 0 saturated carbocycles. The van der Waals surface area contributed by atoms with Crippen molar-refractivity contribution in [2.45, 2.75) is 11.5 Å². The van der Waals surface area contributed by atoms with Crippen molar-refractivity contribution in [1.29, 1.82) is 0 Å². The van der Waals surface area contributed by atoms with Crippen molar-refractivity contribution in [1.82, 2.24) is 4.98 Å². The Morgan fingerprint density at radius 2 is 2.00 bits per heavy atom. The Kier molecular flexibility index (Phi) is 5.12. The fourth-order valence-corrected chi connectivity index (χ4v) is 6.87. The number of thiophene rings is 1. The highest BCUT2D eigenvalue weighted by Crippen LogP contribution is 2.39. The summed E-state index contributed by atoms with van der Waals surface area (Å²) in [5, 5.41) is 2.14. The molecule has 19 heavy (non-hydrogen) atoms. The molecule has 2 aromatic heterocycles. The topological polar surface area (TPSA) is 12.9 Å². The van der Waals surface area contributed by atoms with Gasteiger partial charge < -0.3 is 0 Å². The van der Waals surface area contributed by atoms with Gasteiger partial charge in [-0.15, -0.1) is 22.7 Å². The predicted molar refractivity (Wildman–Crippen MR) is 94.1 cm³/mol. The lowest BCUT2D eigenvalue weighted by molar-refractivity contribution is 1.42. The van der Waals surface area contributed by atoms with E-state index in [9.17, 15) is 0 Å². The van der Waals surface area contributed by atoms with Crippen LogP contribution in [0.25, 0.3) is 10.2 Å². The second kappa shape index (κ2) is 7.04. The molecule has 0 saturated heterocycles. The van der Waals surface area contributed by atoms with E-state index in [1.165, 1.54) is 15.1 Å². The Balaban J connectivity index is 1.44. The molecular weight excluding hydrogens is 330 g/mol. The maximum atomic E-state index is 4.36. The van der Waals surface area contributed by atoms with Crippen LogP contribution in [0, 0.1) is 0 Å². The van der Waals surface area contributed by atoms with E-state index in [0.29, 0.717) is 0 Å². The maximum absolute atomic E-state index is 4.36. The van der Waals surface area contributed by atoms with Crippen LogP contribution in [0.1, 0.15) is 10.4 Å². The zero-order valence-corrected chi connectivity index (χ0v) is 14.0. The molecule has 0 aliphatic heterocycles. The summed E-state index contributed by atoms with van der Waals surface area (Å²) in [6, 6.07) is 10.9. The average Bonchev–Trinajstić information content (AvgIpc) is 3.08. The van der Waals surface area contributed by atoms with Crippen LogP contribution in [0.3, 0.4) is 0 Å². The summed E-state index contributed by atoms with van der Waals surface area (Å²) in [5.41, 5.74) is 4.39. The van der Waals surface area contributed by atoms with Gasteiger partial charge in [0.05, 0.1) is 15.7 Å². The summed E-state index contributed by atoms with van der Waals surface area (Å²) < 4.78 is 1.27. The number of rotatable bonds is 6. The number of hydrogen-bond donors (Lipinski definition) is 0. The van der Waals surface area contributed by atoms with Crippen molar-refractivity contribution in [3.8, 4) is 0 Å². The lowest BCUT2D eigenvalue weighted by Crippen LogP contribution is -1.78. The highest BCUT2D eigenvalue weighted by Gasteiger charge is 2.00. The minimum Gasteiger partial charge on any atom is -0.245 e. The molecule has 0 N–H and O–H groups in total. The van der Waals surface area contributed by atoms with Gasteiger partial charge in [-0.1, -0.05) is 33.7 Å². The molecule has 1 nitrogen and oxygen atoms in total. The van der Waals surface area contributed by atoms with Gasteiger partial charge in [-0.2, -0.15) is 0 Å². The summed E-state index contributed by atoms with van der Waals surface area (Å²) in [6.45, 7) is 0. The maximum Gasteiger partial charge on any atom is 0.0815 e. The quantitative estimate of drug-likeness (QED) is 0.397. The molecule has 0 fully saturated rings. The number of hydrogen-bond acceptors (Lipinski definition) is 6. The molecule has 3 rings (SSSR count). The van der Waals surface area contributed by atoms with Gasteiger partial charge in [0.15, 0.2) is 0 Å². The molecular formula is C13H11NS5. The van der Waals surface area contributed by atoms with Gasteiger partial charge in [-0.3, -0.25) is 0 Å².